The lowest BCUT2D eigenvalue weighted by atomic mass is 10.4. The molecule has 2 aromatic rings. The number of hydrogen-bond acceptors (Lipinski definition) is 7. The van der Waals surface area contributed by atoms with Crippen molar-refractivity contribution in [2.75, 3.05) is 19.5 Å². The van der Waals surface area contributed by atoms with Crippen LogP contribution in [0.2, 0.25) is 0 Å². The zero-order valence-electron chi connectivity index (χ0n) is 10.9. The molecular weight excluding hydrogens is 248 g/mol. The van der Waals surface area contributed by atoms with Gasteiger partial charge in [0.05, 0.1) is 7.11 Å². The third kappa shape index (κ3) is 2.67. The standard InChI is InChI=1S/C11H14N6O2/c1-4-7-14-8(12-2)5-9(15-7)17-6-13-10(16-17)11(18)19-3/h5-6H,4H2,1-3H3,(H,12,14,15). The van der Waals surface area contributed by atoms with Crippen LogP contribution in [0.25, 0.3) is 5.82 Å². The van der Waals surface area contributed by atoms with Crippen LogP contribution in [0.5, 0.6) is 0 Å². The summed E-state index contributed by atoms with van der Waals surface area (Å²) in [5.74, 6) is 1.30. The summed E-state index contributed by atoms with van der Waals surface area (Å²) >= 11 is 0. The quantitative estimate of drug-likeness (QED) is 0.799. The lowest BCUT2D eigenvalue weighted by Crippen LogP contribution is -2.08. The van der Waals surface area contributed by atoms with Crippen LogP contribution in [0.1, 0.15) is 23.4 Å². The molecule has 2 aromatic heterocycles. The molecule has 2 rings (SSSR count). The average Bonchev–Trinajstić information content (AvgIpc) is 2.95. The van der Waals surface area contributed by atoms with Crippen LogP contribution in [0.4, 0.5) is 5.82 Å². The van der Waals surface area contributed by atoms with Crippen molar-refractivity contribution in [3.05, 3.63) is 24.0 Å². The van der Waals surface area contributed by atoms with Crippen molar-refractivity contribution < 1.29 is 9.53 Å². The molecule has 8 heteroatoms. The van der Waals surface area contributed by atoms with Crippen molar-refractivity contribution in [2.45, 2.75) is 13.3 Å². The second-order valence-corrected chi connectivity index (χ2v) is 3.64. The predicted molar refractivity (Wildman–Crippen MR) is 67.2 cm³/mol. The molecule has 0 saturated carbocycles. The highest BCUT2D eigenvalue weighted by atomic mass is 16.5. The Labute approximate surface area is 109 Å². The maximum Gasteiger partial charge on any atom is 0.377 e. The molecule has 1 N–H and O–H groups in total. The van der Waals surface area contributed by atoms with Crippen molar-refractivity contribution in [1.29, 1.82) is 0 Å². The van der Waals surface area contributed by atoms with Crippen LogP contribution in [0.3, 0.4) is 0 Å². The van der Waals surface area contributed by atoms with Gasteiger partial charge in [-0.25, -0.2) is 24.4 Å². The Morgan fingerprint density at radius 1 is 1.47 bits per heavy atom. The molecule has 0 unspecified atom stereocenters. The number of ether oxygens (including phenoxy) is 1. The third-order valence-electron chi connectivity index (χ3n) is 2.43. The van der Waals surface area contributed by atoms with Gasteiger partial charge in [-0.05, 0) is 0 Å². The van der Waals surface area contributed by atoms with Crippen LogP contribution >= 0.6 is 0 Å². The minimum Gasteiger partial charge on any atom is -0.463 e. The normalized spacial score (nSPS) is 10.3. The number of nitrogens with one attached hydrogen (secondary N) is 1. The summed E-state index contributed by atoms with van der Waals surface area (Å²) in [6.45, 7) is 1.96. The van der Waals surface area contributed by atoms with Gasteiger partial charge in [-0.2, -0.15) is 0 Å². The Morgan fingerprint density at radius 3 is 2.89 bits per heavy atom. The number of rotatable bonds is 4. The summed E-state index contributed by atoms with van der Waals surface area (Å²) in [5.41, 5.74) is 0. The van der Waals surface area contributed by atoms with E-state index in [9.17, 15) is 4.79 Å². The number of nitrogens with zero attached hydrogens (tertiary/aromatic N) is 5. The van der Waals surface area contributed by atoms with E-state index in [1.807, 2.05) is 6.92 Å². The van der Waals surface area contributed by atoms with Gasteiger partial charge in [0.2, 0.25) is 0 Å². The molecule has 0 atom stereocenters. The minimum atomic E-state index is -0.586. The molecular formula is C11H14N6O2. The van der Waals surface area contributed by atoms with Gasteiger partial charge in [0.15, 0.2) is 5.82 Å². The molecule has 2 heterocycles. The molecule has 0 spiro atoms. The SMILES string of the molecule is CCc1nc(NC)cc(-n2cnc(C(=O)OC)n2)n1. The molecule has 0 bridgehead atoms. The number of aryl methyl sites for hydroxylation is 1. The summed E-state index contributed by atoms with van der Waals surface area (Å²) < 4.78 is 5.96. The van der Waals surface area contributed by atoms with Gasteiger partial charge in [0, 0.05) is 19.5 Å². The minimum absolute atomic E-state index is 0.00910. The Bertz CT molecular complexity index is 572. The van der Waals surface area contributed by atoms with Crippen molar-refractivity contribution in [2.24, 2.45) is 0 Å². The first-order valence-corrected chi connectivity index (χ1v) is 5.74. The highest BCUT2D eigenvalue weighted by Crippen LogP contribution is 2.10. The number of carbonyl (C=O) groups is 1. The van der Waals surface area contributed by atoms with Crippen LogP contribution in [-0.2, 0) is 11.2 Å². The number of anilines is 1. The Balaban J connectivity index is 2.40. The Kier molecular flexibility index (Phi) is 3.69. The Morgan fingerprint density at radius 2 is 2.26 bits per heavy atom. The maximum atomic E-state index is 11.3. The fourth-order valence-electron chi connectivity index (χ4n) is 1.44. The monoisotopic (exact) mass is 262 g/mol. The van der Waals surface area contributed by atoms with Crippen molar-refractivity contribution in [3.63, 3.8) is 0 Å². The van der Waals surface area contributed by atoms with E-state index in [0.717, 1.165) is 0 Å². The zero-order chi connectivity index (χ0) is 13.8. The number of esters is 1. The zero-order valence-corrected chi connectivity index (χ0v) is 10.9. The molecule has 0 saturated heterocycles. The number of aromatic nitrogens is 5. The number of carbonyl (C=O) groups excluding carboxylic acids is 1. The van der Waals surface area contributed by atoms with E-state index in [0.29, 0.717) is 23.9 Å². The van der Waals surface area contributed by atoms with Gasteiger partial charge in [-0.15, -0.1) is 5.10 Å². The van der Waals surface area contributed by atoms with Gasteiger partial charge < -0.3 is 10.1 Å². The van der Waals surface area contributed by atoms with Gasteiger partial charge in [-0.3, -0.25) is 0 Å². The lowest BCUT2D eigenvalue weighted by Gasteiger charge is -2.05. The van der Waals surface area contributed by atoms with Crippen LogP contribution in [0.15, 0.2) is 12.4 Å². The summed E-state index contributed by atoms with van der Waals surface area (Å²) in [6.07, 6.45) is 2.11. The smallest absolute Gasteiger partial charge is 0.377 e. The summed E-state index contributed by atoms with van der Waals surface area (Å²) in [5, 5.41) is 6.96. The second-order valence-electron chi connectivity index (χ2n) is 3.64. The summed E-state index contributed by atoms with van der Waals surface area (Å²) in [6, 6.07) is 1.72. The highest BCUT2D eigenvalue weighted by molar-refractivity contribution is 5.84. The van der Waals surface area contributed by atoms with E-state index in [1.165, 1.54) is 18.1 Å². The van der Waals surface area contributed by atoms with E-state index < -0.39 is 5.97 Å². The first-order valence-electron chi connectivity index (χ1n) is 5.74. The third-order valence-corrected chi connectivity index (χ3v) is 2.43. The molecule has 0 amide bonds. The number of methoxy groups -OCH3 is 1. The van der Waals surface area contributed by atoms with Crippen molar-refractivity contribution in [1.82, 2.24) is 24.7 Å². The van der Waals surface area contributed by atoms with Crippen LogP contribution in [0, 0.1) is 0 Å². The van der Waals surface area contributed by atoms with E-state index in [1.54, 1.807) is 13.1 Å². The second kappa shape index (κ2) is 5.42. The fourth-order valence-corrected chi connectivity index (χ4v) is 1.44. The topological polar surface area (TPSA) is 94.8 Å². The van der Waals surface area contributed by atoms with E-state index in [-0.39, 0.29) is 5.82 Å². The molecule has 0 radical (unpaired) electrons. The molecule has 19 heavy (non-hydrogen) atoms. The van der Waals surface area contributed by atoms with Crippen LogP contribution in [-0.4, -0.2) is 44.9 Å². The summed E-state index contributed by atoms with van der Waals surface area (Å²) in [7, 11) is 3.05. The molecule has 8 nitrogen and oxygen atoms in total. The van der Waals surface area contributed by atoms with Gasteiger partial charge >= 0.3 is 5.97 Å². The van der Waals surface area contributed by atoms with E-state index in [2.05, 4.69) is 30.1 Å². The van der Waals surface area contributed by atoms with Gasteiger partial charge in [-0.1, -0.05) is 6.92 Å². The summed E-state index contributed by atoms with van der Waals surface area (Å²) in [4.78, 5) is 23.8. The molecule has 0 aliphatic heterocycles. The fraction of sp³-hybridized carbons (Fsp3) is 0.364. The first-order chi connectivity index (χ1) is 9.17. The Hall–Kier alpha value is -2.51. The lowest BCUT2D eigenvalue weighted by molar-refractivity contribution is 0.0587. The molecule has 0 fully saturated rings. The van der Waals surface area contributed by atoms with E-state index >= 15 is 0 Å². The van der Waals surface area contributed by atoms with Gasteiger partial charge in [0.25, 0.3) is 5.82 Å². The van der Waals surface area contributed by atoms with Crippen LogP contribution < -0.4 is 5.32 Å². The number of hydrogen-bond donors (Lipinski definition) is 1. The molecule has 100 valence electrons. The van der Waals surface area contributed by atoms with Crippen molar-refractivity contribution in [3.8, 4) is 5.82 Å². The highest BCUT2D eigenvalue weighted by Gasteiger charge is 2.13. The first kappa shape index (κ1) is 12.9. The average molecular weight is 262 g/mol. The van der Waals surface area contributed by atoms with E-state index in [4.69, 9.17) is 0 Å². The van der Waals surface area contributed by atoms with Gasteiger partial charge in [0.1, 0.15) is 18.0 Å². The predicted octanol–water partition coefficient (Wildman–Crippen LogP) is 0.448. The maximum absolute atomic E-state index is 11.3. The molecule has 0 aromatic carbocycles. The molecule has 0 aliphatic rings. The molecule has 0 aliphatic carbocycles. The van der Waals surface area contributed by atoms with Crippen molar-refractivity contribution >= 4 is 11.8 Å². The largest absolute Gasteiger partial charge is 0.463 e.